The van der Waals surface area contributed by atoms with Crippen molar-refractivity contribution in [3.05, 3.63) is 70.7 Å². The molecule has 1 fully saturated rings. The molecular weight excluding hydrogens is 564 g/mol. The Hall–Kier alpha value is -2.54. The van der Waals surface area contributed by atoms with E-state index in [1.54, 1.807) is 12.1 Å². The summed E-state index contributed by atoms with van der Waals surface area (Å²) in [6.45, 7) is 0.714. The number of benzene rings is 3. The third-order valence-electron chi connectivity index (χ3n) is 6.53. The molecule has 4 atom stereocenters. The number of aliphatic hydroxyl groups is 1. The van der Waals surface area contributed by atoms with Crippen LogP contribution in [0, 0.1) is 0 Å². The molecule has 38 heavy (non-hydrogen) atoms. The first-order valence-corrected chi connectivity index (χ1v) is 13.8. The third-order valence-corrected chi connectivity index (χ3v) is 9.05. The Kier molecular flexibility index (Phi) is 7.27. The topological polar surface area (TPSA) is 87.9 Å². The number of nitrogens with one attached hydrogen (secondary N) is 2. The third kappa shape index (κ3) is 5.18. The first kappa shape index (κ1) is 27.0. The lowest BCUT2D eigenvalue weighted by atomic mass is 9.99. The van der Waals surface area contributed by atoms with Gasteiger partial charge in [-0.1, -0.05) is 23.2 Å². The number of aromatic nitrogens is 1. The highest BCUT2D eigenvalue weighted by molar-refractivity contribution is 7.91. The molecule has 3 aromatic carbocycles. The molecule has 0 radical (unpaired) electrons. The number of ether oxygens (including phenoxy) is 1. The number of hydrogen-bond donors (Lipinski definition) is 3. The van der Waals surface area contributed by atoms with Gasteiger partial charge in [0.1, 0.15) is 15.7 Å². The van der Waals surface area contributed by atoms with E-state index in [1.165, 1.54) is 19.2 Å². The summed E-state index contributed by atoms with van der Waals surface area (Å²) in [5.41, 5.74) is 1.69. The Balaban J connectivity index is 1.48. The first-order valence-electron chi connectivity index (χ1n) is 11.5. The number of aliphatic hydroxyl groups excluding tert-OH is 1. The van der Waals surface area contributed by atoms with Crippen LogP contribution >= 0.6 is 23.2 Å². The Morgan fingerprint density at radius 1 is 1.03 bits per heavy atom. The van der Waals surface area contributed by atoms with Crippen LogP contribution in [0.1, 0.15) is 6.04 Å². The molecule has 13 heteroatoms. The van der Waals surface area contributed by atoms with Crippen LogP contribution in [0.5, 0.6) is 5.75 Å². The van der Waals surface area contributed by atoms with Gasteiger partial charge in [0.25, 0.3) is 0 Å². The van der Waals surface area contributed by atoms with Crippen LogP contribution in [0.15, 0.2) is 69.9 Å². The molecule has 4 aromatic rings. The van der Waals surface area contributed by atoms with Gasteiger partial charge >= 0.3 is 6.36 Å². The summed E-state index contributed by atoms with van der Waals surface area (Å²) in [6, 6.07) is 14.5. The van der Waals surface area contributed by atoms with Gasteiger partial charge in [-0.05, 0) is 60.7 Å². The summed E-state index contributed by atoms with van der Waals surface area (Å²) < 4.78 is 64.2. The average Bonchev–Trinajstić information content (AvgIpc) is 3.17. The lowest BCUT2D eigenvalue weighted by molar-refractivity contribution is -0.274. The molecule has 0 spiro atoms. The maximum Gasteiger partial charge on any atom is 0.573 e. The Morgan fingerprint density at radius 2 is 1.61 bits per heavy atom. The number of piperidine rings is 1. The second kappa shape index (κ2) is 10.2. The number of fused-ring (bicyclic) bond motifs is 3. The van der Waals surface area contributed by atoms with Gasteiger partial charge in [0.05, 0.1) is 23.1 Å². The van der Waals surface area contributed by atoms with Crippen molar-refractivity contribution in [2.24, 2.45) is 4.36 Å². The highest BCUT2D eigenvalue weighted by Crippen LogP contribution is 2.37. The molecule has 202 valence electrons. The van der Waals surface area contributed by atoms with Crippen molar-refractivity contribution in [2.75, 3.05) is 20.1 Å². The number of alkyl halides is 3. The lowest BCUT2D eigenvalue weighted by Crippen LogP contribution is -2.58. The van der Waals surface area contributed by atoms with Gasteiger partial charge in [0.2, 0.25) is 0 Å². The number of halogens is 5. The summed E-state index contributed by atoms with van der Waals surface area (Å²) in [5.74, 6) is -0.440. The highest BCUT2D eigenvalue weighted by Gasteiger charge is 2.37. The largest absolute Gasteiger partial charge is 0.573 e. The van der Waals surface area contributed by atoms with E-state index in [0.717, 1.165) is 33.9 Å². The lowest BCUT2D eigenvalue weighted by Gasteiger charge is -2.37. The molecule has 1 aliphatic heterocycles. The van der Waals surface area contributed by atoms with Crippen molar-refractivity contribution in [3.63, 3.8) is 0 Å². The van der Waals surface area contributed by atoms with Gasteiger partial charge in [0, 0.05) is 52.0 Å². The predicted octanol–water partition coefficient (Wildman–Crippen LogP) is 5.54. The molecule has 0 aliphatic carbocycles. The minimum absolute atomic E-state index is 0.157. The maximum atomic E-state index is 13.7. The van der Waals surface area contributed by atoms with Crippen LogP contribution < -0.4 is 14.8 Å². The van der Waals surface area contributed by atoms with E-state index < -0.39 is 40.2 Å². The molecule has 0 bridgehead atoms. The number of hydrogen-bond acceptors (Lipinski definition) is 5. The van der Waals surface area contributed by atoms with Crippen LogP contribution in [0.25, 0.3) is 21.8 Å². The second-order valence-electron chi connectivity index (χ2n) is 8.86. The van der Waals surface area contributed by atoms with Crippen molar-refractivity contribution < 1.29 is 27.2 Å². The zero-order valence-corrected chi connectivity index (χ0v) is 22.2. The first-order chi connectivity index (χ1) is 18.0. The molecule has 2 heterocycles. The Bertz CT molecular complexity index is 1560. The highest BCUT2D eigenvalue weighted by atomic mass is 35.5. The van der Waals surface area contributed by atoms with Gasteiger partial charge in [-0.25, -0.2) is 13.3 Å². The van der Waals surface area contributed by atoms with Crippen molar-refractivity contribution in [1.82, 2.24) is 14.6 Å². The molecule has 1 aliphatic rings. The SMILES string of the molecule is CN=S(=O)(NC1CNCC(n2c3ccc(Cl)cc3c3cc(Cl)ccc32)C1O)c1ccc(OC(F)(F)F)cc1. The molecule has 5 rings (SSSR count). The fraction of sp³-hybridized carbons (Fsp3) is 0.280. The van der Waals surface area contributed by atoms with Gasteiger partial charge < -0.3 is 19.7 Å². The minimum atomic E-state index is -4.84. The van der Waals surface area contributed by atoms with Crippen molar-refractivity contribution in [1.29, 1.82) is 0 Å². The summed E-state index contributed by atoms with van der Waals surface area (Å²) in [6.07, 6.45) is -5.84. The molecule has 0 saturated carbocycles. The average molecular weight is 587 g/mol. The van der Waals surface area contributed by atoms with Crippen molar-refractivity contribution in [2.45, 2.75) is 29.4 Å². The zero-order chi connectivity index (χ0) is 27.2. The predicted molar refractivity (Wildman–Crippen MR) is 142 cm³/mol. The van der Waals surface area contributed by atoms with Crippen LogP contribution in [-0.2, 0) is 9.92 Å². The molecule has 7 nitrogen and oxygen atoms in total. The van der Waals surface area contributed by atoms with E-state index in [1.807, 2.05) is 28.8 Å². The standard InChI is InChI=1S/C25H23Cl2F3N4O3S/c1-31-38(36,17-6-4-16(5-7-17)37-25(28,29)30)33-20-12-32-13-23(24(20)35)34-21-8-2-14(26)10-18(21)19-11-15(27)3-9-22(19)34/h2-11,20,23-24,32,35H,12-13H2,1H3,(H,31,33,36). The fourth-order valence-electron chi connectivity index (χ4n) is 4.86. The summed E-state index contributed by atoms with van der Waals surface area (Å²) in [5, 5.41) is 17.7. The van der Waals surface area contributed by atoms with Crippen LogP contribution in [-0.4, -0.2) is 52.5 Å². The molecular formula is C25H23Cl2F3N4O3S. The summed E-state index contributed by atoms with van der Waals surface area (Å²) >= 11 is 12.5. The van der Waals surface area contributed by atoms with E-state index >= 15 is 0 Å². The van der Waals surface area contributed by atoms with E-state index in [0.29, 0.717) is 16.6 Å². The quantitative estimate of drug-likeness (QED) is 0.287. The van der Waals surface area contributed by atoms with Gasteiger partial charge in [-0.3, -0.25) is 0 Å². The maximum absolute atomic E-state index is 13.7. The Labute approximate surface area is 226 Å². The minimum Gasteiger partial charge on any atom is -0.406 e. The van der Waals surface area contributed by atoms with Gasteiger partial charge in [-0.2, -0.15) is 0 Å². The van der Waals surface area contributed by atoms with Crippen molar-refractivity contribution >= 4 is 54.9 Å². The Morgan fingerprint density at radius 3 is 2.13 bits per heavy atom. The second-order valence-corrected chi connectivity index (χ2v) is 11.9. The number of rotatable bonds is 5. The van der Waals surface area contributed by atoms with Gasteiger partial charge in [-0.15, -0.1) is 13.2 Å². The van der Waals surface area contributed by atoms with E-state index in [4.69, 9.17) is 23.2 Å². The van der Waals surface area contributed by atoms with Gasteiger partial charge in [0.15, 0.2) is 0 Å². The molecule has 1 aromatic heterocycles. The van der Waals surface area contributed by atoms with E-state index in [2.05, 4.69) is 19.1 Å². The van der Waals surface area contributed by atoms with E-state index in [-0.39, 0.29) is 11.4 Å². The van der Waals surface area contributed by atoms with Crippen LogP contribution in [0.4, 0.5) is 13.2 Å². The molecule has 1 saturated heterocycles. The summed E-state index contributed by atoms with van der Waals surface area (Å²) in [7, 11) is -1.95. The fourth-order valence-corrected chi connectivity index (χ4v) is 6.80. The normalized spacial score (nSPS) is 21.9. The van der Waals surface area contributed by atoms with Crippen molar-refractivity contribution in [3.8, 4) is 5.75 Å². The summed E-state index contributed by atoms with van der Waals surface area (Å²) in [4.78, 5) is 0.157. The molecule has 3 N–H and O–H groups in total. The van der Waals surface area contributed by atoms with Crippen LogP contribution in [0.3, 0.4) is 0 Å². The van der Waals surface area contributed by atoms with Crippen LogP contribution in [0.2, 0.25) is 10.0 Å². The molecule has 0 amide bonds. The smallest absolute Gasteiger partial charge is 0.406 e. The monoisotopic (exact) mass is 586 g/mol. The molecule has 4 unspecified atom stereocenters. The van der Waals surface area contributed by atoms with E-state index in [9.17, 15) is 22.5 Å². The zero-order valence-electron chi connectivity index (χ0n) is 19.9. The number of nitrogens with zero attached hydrogens (tertiary/aromatic N) is 2.